The average Bonchev–Trinajstić information content (AvgIpc) is 2.83. The summed E-state index contributed by atoms with van der Waals surface area (Å²) in [5, 5.41) is 24.8. The van der Waals surface area contributed by atoms with Gasteiger partial charge in [0.05, 0.1) is 34.0 Å². The van der Waals surface area contributed by atoms with Crippen LogP contribution in [0.15, 0.2) is 59.7 Å². The Labute approximate surface area is 214 Å². The Morgan fingerprint density at radius 3 is 2.54 bits per heavy atom. The summed E-state index contributed by atoms with van der Waals surface area (Å²) < 4.78 is 17.4. The number of hydrogen-bond acceptors (Lipinski definition) is 8. The molecular formula is C24H22IN3O7. The van der Waals surface area contributed by atoms with Gasteiger partial charge in [0.1, 0.15) is 18.1 Å². The highest BCUT2D eigenvalue weighted by molar-refractivity contribution is 14.1. The second-order valence-corrected chi connectivity index (χ2v) is 8.22. The number of phenols is 1. The van der Waals surface area contributed by atoms with E-state index in [1.54, 1.807) is 30.3 Å². The number of halogens is 1. The number of benzene rings is 3. The van der Waals surface area contributed by atoms with Gasteiger partial charge in [-0.2, -0.15) is 5.10 Å². The maximum Gasteiger partial charge on any atom is 0.275 e. The highest BCUT2D eigenvalue weighted by Crippen LogP contribution is 2.34. The molecule has 182 valence electrons. The number of ether oxygens (including phenoxy) is 3. The van der Waals surface area contributed by atoms with Crippen molar-refractivity contribution in [1.82, 2.24) is 5.43 Å². The lowest BCUT2D eigenvalue weighted by molar-refractivity contribution is -0.384. The topological polar surface area (TPSA) is 133 Å². The predicted molar refractivity (Wildman–Crippen MR) is 137 cm³/mol. The number of amides is 1. The molecule has 0 unspecified atom stereocenters. The van der Waals surface area contributed by atoms with Crippen LogP contribution in [0.3, 0.4) is 0 Å². The maximum atomic E-state index is 12.3. The summed E-state index contributed by atoms with van der Waals surface area (Å²) in [6, 6.07) is 14.0. The molecule has 3 rings (SSSR count). The fourth-order valence-corrected chi connectivity index (χ4v) is 3.77. The van der Waals surface area contributed by atoms with Crippen LogP contribution in [0.4, 0.5) is 5.69 Å². The lowest BCUT2D eigenvalue weighted by Crippen LogP contribution is -2.17. The molecule has 0 saturated carbocycles. The monoisotopic (exact) mass is 591 g/mol. The molecule has 0 aliphatic heterocycles. The number of nitrogens with zero attached hydrogens (tertiary/aromatic N) is 2. The Hall–Kier alpha value is -3.87. The molecule has 0 spiro atoms. The van der Waals surface area contributed by atoms with E-state index in [2.05, 4.69) is 33.1 Å². The van der Waals surface area contributed by atoms with Gasteiger partial charge >= 0.3 is 0 Å². The van der Waals surface area contributed by atoms with Crippen molar-refractivity contribution in [2.45, 2.75) is 13.5 Å². The second-order valence-electron chi connectivity index (χ2n) is 7.06. The van der Waals surface area contributed by atoms with Crippen molar-refractivity contribution in [2.24, 2.45) is 5.10 Å². The third-order valence-corrected chi connectivity index (χ3v) is 5.49. The molecular weight excluding hydrogens is 569 g/mol. The van der Waals surface area contributed by atoms with Crippen molar-refractivity contribution in [3.8, 4) is 23.0 Å². The summed E-state index contributed by atoms with van der Waals surface area (Å²) in [5.74, 6) is 0.637. The summed E-state index contributed by atoms with van der Waals surface area (Å²) in [6.45, 7) is 2.44. The molecule has 0 fully saturated rings. The van der Waals surface area contributed by atoms with E-state index in [1.807, 2.05) is 6.92 Å². The van der Waals surface area contributed by atoms with Gasteiger partial charge in [-0.3, -0.25) is 14.9 Å². The van der Waals surface area contributed by atoms with Crippen molar-refractivity contribution in [1.29, 1.82) is 0 Å². The van der Waals surface area contributed by atoms with Gasteiger partial charge in [-0.05, 0) is 77.0 Å². The number of methoxy groups -OCH3 is 1. The molecule has 0 radical (unpaired) electrons. The van der Waals surface area contributed by atoms with Gasteiger partial charge < -0.3 is 19.3 Å². The van der Waals surface area contributed by atoms with Crippen LogP contribution in [0.2, 0.25) is 0 Å². The number of hydrogen-bond donors (Lipinski definition) is 2. The number of nitro groups is 1. The normalized spacial score (nSPS) is 10.7. The largest absolute Gasteiger partial charge is 0.507 e. The Morgan fingerprint density at radius 2 is 1.91 bits per heavy atom. The first-order valence-corrected chi connectivity index (χ1v) is 11.4. The van der Waals surface area contributed by atoms with E-state index < -0.39 is 10.8 Å². The minimum absolute atomic E-state index is 0.0104. The first-order valence-electron chi connectivity index (χ1n) is 10.3. The molecule has 0 saturated heterocycles. The first-order chi connectivity index (χ1) is 16.8. The van der Waals surface area contributed by atoms with E-state index in [-0.39, 0.29) is 23.6 Å². The standard InChI is InChI=1S/C24H22IN3O7/c1-3-34-22-11-16(13-26-27-24(30)19-9-8-18(33-2)12-21(19)29)10-20(25)23(22)35-14-15-4-6-17(7-5-15)28(31)32/h4-13,29H,3,14H2,1-2H3,(H,27,30)/b26-13-. The van der Waals surface area contributed by atoms with E-state index in [1.165, 1.54) is 37.6 Å². The first kappa shape index (κ1) is 25.7. The van der Waals surface area contributed by atoms with Crippen molar-refractivity contribution in [2.75, 3.05) is 13.7 Å². The van der Waals surface area contributed by atoms with Gasteiger partial charge in [-0.25, -0.2) is 5.43 Å². The van der Waals surface area contributed by atoms with Crippen LogP contribution in [0.25, 0.3) is 0 Å². The number of nitrogens with one attached hydrogen (secondary N) is 1. The molecule has 35 heavy (non-hydrogen) atoms. The highest BCUT2D eigenvalue weighted by atomic mass is 127. The van der Waals surface area contributed by atoms with Crippen molar-refractivity contribution in [3.63, 3.8) is 0 Å². The Bertz CT molecular complexity index is 1250. The van der Waals surface area contributed by atoms with E-state index in [0.717, 1.165) is 9.13 Å². The Kier molecular flexibility index (Phi) is 8.84. The summed E-state index contributed by atoms with van der Waals surface area (Å²) in [4.78, 5) is 22.7. The minimum atomic E-state index is -0.579. The second kappa shape index (κ2) is 12.0. The summed E-state index contributed by atoms with van der Waals surface area (Å²) in [7, 11) is 1.46. The SMILES string of the molecule is CCOc1cc(/C=N\NC(=O)c2ccc(OC)cc2O)cc(I)c1OCc1ccc([N+](=O)[O-])cc1. The van der Waals surface area contributed by atoms with Crippen LogP contribution in [0, 0.1) is 13.7 Å². The third kappa shape index (κ3) is 6.82. The lowest BCUT2D eigenvalue weighted by Gasteiger charge is -2.14. The van der Waals surface area contributed by atoms with Crippen molar-refractivity contribution in [3.05, 3.63) is 85.0 Å². The van der Waals surface area contributed by atoms with Crippen LogP contribution >= 0.6 is 22.6 Å². The van der Waals surface area contributed by atoms with Crippen LogP contribution < -0.4 is 19.6 Å². The van der Waals surface area contributed by atoms with Gasteiger partial charge in [-0.15, -0.1) is 0 Å². The van der Waals surface area contributed by atoms with Crippen molar-refractivity contribution >= 4 is 40.4 Å². The number of non-ortho nitro benzene ring substituents is 1. The third-order valence-electron chi connectivity index (χ3n) is 4.69. The predicted octanol–water partition coefficient (Wildman–Crippen LogP) is 4.66. The number of nitro benzene ring substituents is 1. The molecule has 0 bridgehead atoms. The zero-order chi connectivity index (χ0) is 25.4. The van der Waals surface area contributed by atoms with Gasteiger partial charge in [0.25, 0.3) is 11.6 Å². The zero-order valence-electron chi connectivity index (χ0n) is 18.9. The number of hydrazone groups is 1. The molecule has 10 nitrogen and oxygen atoms in total. The van der Waals surface area contributed by atoms with E-state index in [0.29, 0.717) is 29.4 Å². The van der Waals surface area contributed by atoms with Gasteiger partial charge in [0, 0.05) is 18.2 Å². The average molecular weight is 591 g/mol. The summed E-state index contributed by atoms with van der Waals surface area (Å²) >= 11 is 2.11. The van der Waals surface area contributed by atoms with Crippen molar-refractivity contribution < 1.29 is 29.0 Å². The molecule has 3 aromatic carbocycles. The van der Waals surface area contributed by atoms with E-state index in [9.17, 15) is 20.0 Å². The zero-order valence-corrected chi connectivity index (χ0v) is 21.0. The number of rotatable bonds is 10. The number of phenolic OH excluding ortho intramolecular Hbond substituents is 1. The molecule has 0 heterocycles. The number of aromatic hydroxyl groups is 1. The fraction of sp³-hybridized carbons (Fsp3) is 0.167. The quantitative estimate of drug-likeness (QED) is 0.152. The molecule has 0 aliphatic carbocycles. The molecule has 1 amide bonds. The lowest BCUT2D eigenvalue weighted by atomic mass is 10.2. The van der Waals surface area contributed by atoms with Crippen LogP contribution in [-0.2, 0) is 6.61 Å². The number of carbonyl (C=O) groups excluding carboxylic acids is 1. The Morgan fingerprint density at radius 1 is 1.17 bits per heavy atom. The van der Waals surface area contributed by atoms with Crippen LogP contribution in [0.1, 0.15) is 28.4 Å². The number of carbonyl (C=O) groups is 1. The van der Waals surface area contributed by atoms with Crippen LogP contribution in [-0.4, -0.2) is 35.9 Å². The van der Waals surface area contributed by atoms with E-state index in [4.69, 9.17) is 14.2 Å². The van der Waals surface area contributed by atoms with Crippen LogP contribution in [0.5, 0.6) is 23.0 Å². The molecule has 0 atom stereocenters. The summed E-state index contributed by atoms with van der Waals surface area (Å²) in [5.41, 5.74) is 3.87. The minimum Gasteiger partial charge on any atom is -0.507 e. The van der Waals surface area contributed by atoms with E-state index >= 15 is 0 Å². The van der Waals surface area contributed by atoms with Gasteiger partial charge in [0.15, 0.2) is 11.5 Å². The van der Waals surface area contributed by atoms with Gasteiger partial charge in [0.2, 0.25) is 0 Å². The molecule has 0 aliphatic rings. The highest BCUT2D eigenvalue weighted by Gasteiger charge is 2.14. The maximum absolute atomic E-state index is 12.3. The molecule has 2 N–H and O–H groups in total. The molecule has 0 aromatic heterocycles. The van der Waals surface area contributed by atoms with Gasteiger partial charge in [-0.1, -0.05) is 0 Å². The summed E-state index contributed by atoms with van der Waals surface area (Å²) in [6.07, 6.45) is 1.45. The fourth-order valence-electron chi connectivity index (χ4n) is 2.99. The Balaban J connectivity index is 1.71. The molecule has 3 aromatic rings. The smallest absolute Gasteiger partial charge is 0.275 e. The molecule has 11 heteroatoms.